The largest absolute Gasteiger partial charge is 0.435 e. The number of halogens is 2. The van der Waals surface area contributed by atoms with Crippen LogP contribution in [0, 0.1) is 0 Å². The summed E-state index contributed by atoms with van der Waals surface area (Å²) >= 11 is 5.58. The van der Waals surface area contributed by atoms with Gasteiger partial charge in [-0.1, -0.05) is 6.07 Å². The minimum Gasteiger partial charge on any atom is -0.435 e. The molecule has 0 amide bonds. The molecule has 1 fully saturated rings. The number of piperidine rings is 1. The van der Waals surface area contributed by atoms with Crippen molar-refractivity contribution in [1.82, 2.24) is 9.88 Å². The number of anilines is 1. The zero-order chi connectivity index (χ0) is 17.6. The zero-order valence-electron chi connectivity index (χ0n) is 13.6. The van der Waals surface area contributed by atoms with Crippen molar-refractivity contribution in [2.75, 3.05) is 11.9 Å². The normalized spacial score (nSPS) is 17.4. The molecule has 2 aromatic rings. The van der Waals surface area contributed by atoms with Crippen molar-refractivity contribution in [3.05, 3.63) is 54.4 Å². The lowest BCUT2D eigenvalue weighted by Crippen LogP contribution is -2.41. The molecule has 1 aromatic heterocycles. The van der Waals surface area contributed by atoms with E-state index in [1.807, 2.05) is 12.3 Å². The van der Waals surface area contributed by atoms with Crippen molar-refractivity contribution in [2.24, 2.45) is 0 Å². The van der Waals surface area contributed by atoms with Crippen molar-refractivity contribution in [3.63, 3.8) is 0 Å². The van der Waals surface area contributed by atoms with Gasteiger partial charge in [-0.2, -0.15) is 8.78 Å². The summed E-state index contributed by atoms with van der Waals surface area (Å²) in [5.41, 5.74) is 1.88. The molecule has 1 aliphatic heterocycles. The monoisotopic (exact) mass is 363 g/mol. The molecule has 0 radical (unpaired) electrons. The maximum absolute atomic E-state index is 12.2. The van der Waals surface area contributed by atoms with Crippen LogP contribution in [0.5, 0.6) is 5.75 Å². The van der Waals surface area contributed by atoms with Gasteiger partial charge in [0, 0.05) is 24.6 Å². The smallest absolute Gasteiger partial charge is 0.387 e. The summed E-state index contributed by atoms with van der Waals surface area (Å²) in [7, 11) is 0. The average molecular weight is 363 g/mol. The SMILES string of the molecule is FC(F)Oc1ccc(NC(=S)N2CCCC[C@@H]2c2cccnc2)cc1. The van der Waals surface area contributed by atoms with Crippen LogP contribution in [0.1, 0.15) is 30.9 Å². The number of likely N-dealkylation sites (tertiary alicyclic amines) is 1. The van der Waals surface area contributed by atoms with E-state index >= 15 is 0 Å². The van der Waals surface area contributed by atoms with Gasteiger partial charge in [-0.3, -0.25) is 4.98 Å². The molecule has 7 heteroatoms. The van der Waals surface area contributed by atoms with Gasteiger partial charge in [-0.25, -0.2) is 0 Å². The molecule has 3 rings (SSSR count). The van der Waals surface area contributed by atoms with Crippen LogP contribution in [0.3, 0.4) is 0 Å². The van der Waals surface area contributed by atoms with Crippen LogP contribution < -0.4 is 10.1 Å². The number of hydrogen-bond donors (Lipinski definition) is 1. The molecular weight excluding hydrogens is 344 g/mol. The lowest BCUT2D eigenvalue weighted by atomic mass is 9.97. The molecule has 4 nitrogen and oxygen atoms in total. The first-order valence-corrected chi connectivity index (χ1v) is 8.57. The highest BCUT2D eigenvalue weighted by molar-refractivity contribution is 7.80. The molecule has 1 aliphatic rings. The van der Waals surface area contributed by atoms with Crippen LogP contribution in [0.2, 0.25) is 0 Å². The van der Waals surface area contributed by atoms with Crippen LogP contribution in [-0.2, 0) is 0 Å². The number of hydrogen-bond acceptors (Lipinski definition) is 3. The van der Waals surface area contributed by atoms with Crippen molar-refractivity contribution in [1.29, 1.82) is 0 Å². The second-order valence-corrected chi connectivity index (χ2v) is 6.21. The topological polar surface area (TPSA) is 37.4 Å². The minimum absolute atomic E-state index is 0.123. The number of rotatable bonds is 4. The lowest BCUT2D eigenvalue weighted by molar-refractivity contribution is -0.0498. The van der Waals surface area contributed by atoms with E-state index in [1.165, 1.54) is 12.1 Å². The summed E-state index contributed by atoms with van der Waals surface area (Å²) in [6.45, 7) is -1.95. The highest BCUT2D eigenvalue weighted by Crippen LogP contribution is 2.31. The van der Waals surface area contributed by atoms with Crippen molar-refractivity contribution in [3.8, 4) is 5.75 Å². The number of aromatic nitrogens is 1. The van der Waals surface area contributed by atoms with E-state index in [0.717, 1.165) is 37.1 Å². The number of nitrogens with one attached hydrogen (secondary N) is 1. The molecule has 0 aliphatic carbocycles. The summed E-state index contributed by atoms with van der Waals surface area (Å²) in [5.74, 6) is 0.123. The van der Waals surface area contributed by atoms with Gasteiger partial charge in [0.2, 0.25) is 0 Å². The molecule has 1 atom stereocenters. The molecule has 1 N–H and O–H groups in total. The summed E-state index contributed by atoms with van der Waals surface area (Å²) in [6.07, 6.45) is 6.89. The van der Waals surface area contributed by atoms with E-state index in [2.05, 4.69) is 26.0 Å². The van der Waals surface area contributed by atoms with E-state index < -0.39 is 6.61 Å². The highest BCUT2D eigenvalue weighted by atomic mass is 32.1. The Bertz CT molecular complexity index is 697. The van der Waals surface area contributed by atoms with Crippen LogP contribution in [-0.4, -0.2) is 28.2 Å². The Balaban J connectivity index is 1.68. The van der Waals surface area contributed by atoms with Gasteiger partial charge < -0.3 is 15.0 Å². The Kier molecular flexibility index (Phi) is 5.75. The molecule has 132 valence electrons. The number of pyridine rings is 1. The van der Waals surface area contributed by atoms with Gasteiger partial charge in [-0.15, -0.1) is 0 Å². The van der Waals surface area contributed by atoms with Gasteiger partial charge in [-0.05, 0) is 67.4 Å². The number of thiocarbonyl (C=S) groups is 1. The zero-order valence-corrected chi connectivity index (χ0v) is 14.4. The van der Waals surface area contributed by atoms with Gasteiger partial charge in [0.05, 0.1) is 6.04 Å². The first-order valence-electron chi connectivity index (χ1n) is 8.16. The standard InChI is InChI=1S/C18H19F2N3OS/c19-17(20)24-15-8-6-14(7-9-15)22-18(25)23-11-2-1-5-16(23)13-4-3-10-21-12-13/h3-4,6-10,12,16-17H,1-2,5,11H2,(H,22,25)/t16-/m1/s1. The first kappa shape index (κ1) is 17.5. The second-order valence-electron chi connectivity index (χ2n) is 5.82. The summed E-state index contributed by atoms with van der Waals surface area (Å²) in [6, 6.07) is 10.5. The van der Waals surface area contributed by atoms with E-state index in [1.54, 1.807) is 18.3 Å². The van der Waals surface area contributed by atoms with E-state index in [0.29, 0.717) is 5.11 Å². The maximum atomic E-state index is 12.2. The summed E-state index contributed by atoms with van der Waals surface area (Å²) in [5, 5.41) is 3.81. The van der Waals surface area contributed by atoms with Crippen molar-refractivity contribution < 1.29 is 13.5 Å². The van der Waals surface area contributed by atoms with Gasteiger partial charge >= 0.3 is 6.61 Å². The van der Waals surface area contributed by atoms with E-state index in [-0.39, 0.29) is 11.8 Å². The van der Waals surface area contributed by atoms with Crippen LogP contribution in [0.25, 0.3) is 0 Å². The molecule has 0 spiro atoms. The summed E-state index contributed by atoms with van der Waals surface area (Å²) in [4.78, 5) is 6.37. The third-order valence-electron chi connectivity index (χ3n) is 4.16. The third kappa shape index (κ3) is 4.63. The third-order valence-corrected chi connectivity index (χ3v) is 4.50. The van der Waals surface area contributed by atoms with Gasteiger partial charge in [0.15, 0.2) is 5.11 Å². The number of ether oxygens (including phenoxy) is 1. The fraction of sp³-hybridized carbons (Fsp3) is 0.333. The molecule has 1 saturated heterocycles. The Morgan fingerprint density at radius 1 is 1.24 bits per heavy atom. The molecule has 0 bridgehead atoms. The number of alkyl halides is 2. The lowest BCUT2D eigenvalue weighted by Gasteiger charge is -2.37. The molecule has 0 unspecified atom stereocenters. The van der Waals surface area contributed by atoms with Gasteiger partial charge in [0.25, 0.3) is 0 Å². The Hall–Kier alpha value is -2.28. The Morgan fingerprint density at radius 3 is 2.72 bits per heavy atom. The van der Waals surface area contributed by atoms with E-state index in [9.17, 15) is 8.78 Å². The molecule has 1 aromatic carbocycles. The predicted octanol–water partition coefficient (Wildman–Crippen LogP) is 4.61. The fourth-order valence-electron chi connectivity index (χ4n) is 3.01. The highest BCUT2D eigenvalue weighted by Gasteiger charge is 2.26. The predicted molar refractivity (Wildman–Crippen MR) is 96.8 cm³/mol. The Morgan fingerprint density at radius 2 is 2.04 bits per heavy atom. The van der Waals surface area contributed by atoms with Crippen LogP contribution in [0.15, 0.2) is 48.8 Å². The van der Waals surface area contributed by atoms with Crippen LogP contribution >= 0.6 is 12.2 Å². The number of nitrogens with zero attached hydrogens (tertiary/aromatic N) is 2. The molecule has 2 heterocycles. The Labute approximate surface area is 150 Å². The average Bonchev–Trinajstić information content (AvgIpc) is 2.63. The quantitative estimate of drug-likeness (QED) is 0.803. The first-order chi connectivity index (χ1) is 12.1. The second kappa shape index (κ2) is 8.20. The van der Waals surface area contributed by atoms with E-state index in [4.69, 9.17) is 12.2 Å². The van der Waals surface area contributed by atoms with Crippen LogP contribution in [0.4, 0.5) is 14.5 Å². The van der Waals surface area contributed by atoms with Gasteiger partial charge in [0.1, 0.15) is 5.75 Å². The fourth-order valence-corrected chi connectivity index (χ4v) is 3.35. The molecule has 0 saturated carbocycles. The molecule has 25 heavy (non-hydrogen) atoms. The maximum Gasteiger partial charge on any atom is 0.387 e. The van der Waals surface area contributed by atoms with Crippen molar-refractivity contribution >= 4 is 23.0 Å². The molecular formula is C18H19F2N3OS. The summed E-state index contributed by atoms with van der Waals surface area (Å²) < 4.78 is 28.8. The number of benzene rings is 1. The van der Waals surface area contributed by atoms with Crippen molar-refractivity contribution in [2.45, 2.75) is 31.9 Å². The minimum atomic E-state index is -2.83.